The third-order valence-corrected chi connectivity index (χ3v) is 5.52. The Hall–Kier alpha value is -3.08. The van der Waals surface area contributed by atoms with Crippen LogP contribution in [-0.2, 0) is 17.8 Å². The molecule has 1 aromatic heterocycles. The molecule has 0 aliphatic rings. The Kier molecular flexibility index (Phi) is 8.90. The molecule has 32 heavy (non-hydrogen) atoms. The molecule has 5 nitrogen and oxygen atoms in total. The van der Waals surface area contributed by atoms with Crippen LogP contribution in [0.4, 0.5) is 0 Å². The number of rotatable bonds is 13. The summed E-state index contributed by atoms with van der Waals surface area (Å²) in [5, 5.41) is 2.90. The number of nitrogens with zero attached hydrogens (tertiary/aromatic N) is 2. The second kappa shape index (κ2) is 12.1. The lowest BCUT2D eigenvalue weighted by Gasteiger charge is -2.11. The highest BCUT2D eigenvalue weighted by atomic mass is 16.5. The number of aryl methyl sites for hydroxylation is 3. The summed E-state index contributed by atoms with van der Waals surface area (Å²) in [5.74, 6) is 2.04. The first-order valence-electron chi connectivity index (χ1n) is 11.6. The molecular weight excluding hydrogens is 398 g/mol. The van der Waals surface area contributed by atoms with E-state index >= 15 is 0 Å². The number of benzene rings is 2. The van der Waals surface area contributed by atoms with Gasteiger partial charge < -0.3 is 14.6 Å². The number of fused-ring (bicyclic) bond motifs is 1. The van der Waals surface area contributed by atoms with Gasteiger partial charge in [-0.15, -0.1) is 0 Å². The molecule has 0 saturated heterocycles. The lowest BCUT2D eigenvalue weighted by atomic mass is 10.2. The van der Waals surface area contributed by atoms with Crippen LogP contribution in [0.3, 0.4) is 0 Å². The Labute approximate surface area is 191 Å². The second-order valence-corrected chi connectivity index (χ2v) is 8.39. The number of nitrogens with one attached hydrogen (secondary N) is 1. The van der Waals surface area contributed by atoms with Crippen LogP contribution in [0.2, 0.25) is 0 Å². The number of para-hydroxylation sites is 2. The largest absolute Gasteiger partial charge is 0.494 e. The molecule has 3 rings (SSSR count). The number of aromatic nitrogens is 2. The molecule has 1 amide bonds. The summed E-state index contributed by atoms with van der Waals surface area (Å²) in [4.78, 5) is 16.4. The first-order valence-corrected chi connectivity index (χ1v) is 11.6. The van der Waals surface area contributed by atoms with Crippen molar-refractivity contribution in [3.63, 3.8) is 0 Å². The molecule has 0 atom stereocenters. The second-order valence-electron chi connectivity index (χ2n) is 8.39. The van der Waals surface area contributed by atoms with Crippen molar-refractivity contribution in [2.45, 2.75) is 58.9 Å². The molecule has 1 N–H and O–H groups in total. The summed E-state index contributed by atoms with van der Waals surface area (Å²) in [7, 11) is 0. The van der Waals surface area contributed by atoms with Crippen molar-refractivity contribution in [3.05, 3.63) is 72.1 Å². The molecule has 170 valence electrons. The van der Waals surface area contributed by atoms with Gasteiger partial charge in [0.25, 0.3) is 0 Å². The van der Waals surface area contributed by atoms with Gasteiger partial charge in [0.2, 0.25) is 5.91 Å². The average Bonchev–Trinajstić information content (AvgIpc) is 3.13. The van der Waals surface area contributed by atoms with Crippen LogP contribution < -0.4 is 10.1 Å². The van der Waals surface area contributed by atoms with Gasteiger partial charge in [0.1, 0.15) is 11.6 Å². The van der Waals surface area contributed by atoms with Gasteiger partial charge in [-0.2, -0.15) is 0 Å². The minimum atomic E-state index is -0.0572. The van der Waals surface area contributed by atoms with Crippen LogP contribution in [0.15, 0.2) is 60.7 Å². The van der Waals surface area contributed by atoms with Crippen LogP contribution >= 0.6 is 0 Å². The monoisotopic (exact) mass is 433 g/mol. The summed E-state index contributed by atoms with van der Waals surface area (Å²) in [5.41, 5.74) is 4.04. The third-order valence-electron chi connectivity index (χ3n) is 5.52. The van der Waals surface area contributed by atoms with E-state index in [0.717, 1.165) is 68.8 Å². The summed E-state index contributed by atoms with van der Waals surface area (Å²) in [6.07, 6.45) is 6.08. The number of carbonyl (C=O) groups is 1. The first-order chi connectivity index (χ1) is 15.5. The summed E-state index contributed by atoms with van der Waals surface area (Å²) in [6.45, 7) is 9.84. The van der Waals surface area contributed by atoms with Gasteiger partial charge in [-0.3, -0.25) is 4.79 Å². The zero-order chi connectivity index (χ0) is 22.8. The fourth-order valence-electron chi connectivity index (χ4n) is 3.77. The van der Waals surface area contributed by atoms with Crippen LogP contribution in [0.1, 0.15) is 50.4 Å². The Morgan fingerprint density at radius 3 is 2.72 bits per heavy atom. The lowest BCUT2D eigenvalue weighted by molar-refractivity contribution is -0.117. The van der Waals surface area contributed by atoms with E-state index in [1.165, 1.54) is 11.1 Å². The van der Waals surface area contributed by atoms with Gasteiger partial charge in [0.15, 0.2) is 0 Å². The Balaban J connectivity index is 1.47. The summed E-state index contributed by atoms with van der Waals surface area (Å²) >= 11 is 0. The molecule has 0 unspecified atom stereocenters. The molecule has 0 spiro atoms. The fourth-order valence-corrected chi connectivity index (χ4v) is 3.77. The van der Waals surface area contributed by atoms with E-state index in [1.54, 1.807) is 6.92 Å². The Morgan fingerprint density at radius 1 is 1.06 bits per heavy atom. The van der Waals surface area contributed by atoms with Gasteiger partial charge in [-0.05, 0) is 69.4 Å². The van der Waals surface area contributed by atoms with Gasteiger partial charge in [-0.1, -0.05) is 37.3 Å². The maximum atomic E-state index is 11.6. The van der Waals surface area contributed by atoms with Crippen LogP contribution in [-0.4, -0.2) is 28.6 Å². The zero-order valence-electron chi connectivity index (χ0n) is 19.4. The van der Waals surface area contributed by atoms with E-state index in [9.17, 15) is 4.79 Å². The van der Waals surface area contributed by atoms with Crippen molar-refractivity contribution < 1.29 is 9.53 Å². The highest BCUT2D eigenvalue weighted by molar-refractivity contribution is 5.92. The minimum absolute atomic E-state index is 0.0572. The van der Waals surface area contributed by atoms with Gasteiger partial charge in [-0.25, -0.2) is 4.98 Å². The molecule has 0 fully saturated rings. The van der Waals surface area contributed by atoms with Crippen molar-refractivity contribution in [3.8, 4) is 5.75 Å². The van der Waals surface area contributed by atoms with Crippen molar-refractivity contribution in [2.24, 2.45) is 0 Å². The molecule has 0 aliphatic heterocycles. The summed E-state index contributed by atoms with van der Waals surface area (Å²) < 4.78 is 8.26. The number of unbranched alkanes of at least 4 members (excludes halogenated alkanes) is 3. The number of imidazole rings is 1. The number of ether oxygens (including phenoxy) is 1. The molecule has 1 heterocycles. The topological polar surface area (TPSA) is 56.2 Å². The predicted octanol–water partition coefficient (Wildman–Crippen LogP) is 5.61. The van der Waals surface area contributed by atoms with Gasteiger partial charge in [0.05, 0.1) is 17.6 Å². The van der Waals surface area contributed by atoms with Crippen molar-refractivity contribution in [1.82, 2.24) is 14.9 Å². The number of hydrogen-bond acceptors (Lipinski definition) is 3. The smallest absolute Gasteiger partial charge is 0.246 e. The Bertz CT molecular complexity index is 1040. The fraction of sp³-hybridized carbons (Fsp3) is 0.407. The average molecular weight is 434 g/mol. The summed E-state index contributed by atoms with van der Waals surface area (Å²) in [6, 6.07) is 16.6. The number of amides is 1. The maximum absolute atomic E-state index is 11.6. The van der Waals surface area contributed by atoms with Gasteiger partial charge >= 0.3 is 0 Å². The molecule has 2 aromatic carbocycles. The lowest BCUT2D eigenvalue weighted by Crippen LogP contribution is -2.24. The van der Waals surface area contributed by atoms with Crippen LogP contribution in [0.25, 0.3) is 11.0 Å². The molecule has 3 aromatic rings. The first kappa shape index (κ1) is 23.6. The Morgan fingerprint density at radius 2 is 1.91 bits per heavy atom. The van der Waals surface area contributed by atoms with E-state index in [0.29, 0.717) is 12.1 Å². The van der Waals surface area contributed by atoms with Crippen molar-refractivity contribution >= 4 is 16.9 Å². The standard InChI is InChI=1S/C27H35N3O2/c1-21(2)27(31)28-17-8-4-5-16-26-29-24-14-6-7-15-25(24)30(26)18-9-10-19-32-23-13-11-12-22(3)20-23/h6-7,11-15,20H,1,4-5,8-10,16-19H2,2-3H3,(H,28,31). The molecule has 0 saturated carbocycles. The van der Waals surface area contributed by atoms with E-state index < -0.39 is 0 Å². The molecule has 0 aliphatic carbocycles. The van der Waals surface area contributed by atoms with Crippen molar-refractivity contribution in [2.75, 3.05) is 13.2 Å². The number of carbonyl (C=O) groups excluding carboxylic acids is 1. The SMILES string of the molecule is C=C(C)C(=O)NCCCCCc1nc2ccccc2n1CCCCOc1cccc(C)c1. The van der Waals surface area contributed by atoms with Crippen molar-refractivity contribution in [1.29, 1.82) is 0 Å². The highest BCUT2D eigenvalue weighted by Crippen LogP contribution is 2.19. The van der Waals surface area contributed by atoms with E-state index in [4.69, 9.17) is 9.72 Å². The quantitative estimate of drug-likeness (QED) is 0.282. The normalized spacial score (nSPS) is 10.9. The van der Waals surface area contributed by atoms with E-state index in [-0.39, 0.29) is 5.91 Å². The van der Waals surface area contributed by atoms with Crippen LogP contribution in [0.5, 0.6) is 5.75 Å². The van der Waals surface area contributed by atoms with E-state index in [2.05, 4.69) is 53.7 Å². The molecule has 0 bridgehead atoms. The van der Waals surface area contributed by atoms with Crippen LogP contribution in [0, 0.1) is 6.92 Å². The van der Waals surface area contributed by atoms with E-state index in [1.807, 2.05) is 18.2 Å². The highest BCUT2D eigenvalue weighted by Gasteiger charge is 2.10. The third kappa shape index (κ3) is 6.98. The maximum Gasteiger partial charge on any atom is 0.246 e. The molecule has 0 radical (unpaired) electrons. The zero-order valence-corrected chi connectivity index (χ0v) is 19.4. The van der Waals surface area contributed by atoms with Gasteiger partial charge in [0, 0.05) is 25.1 Å². The predicted molar refractivity (Wildman–Crippen MR) is 131 cm³/mol. The number of hydrogen-bond donors (Lipinski definition) is 1. The molecule has 5 heteroatoms. The minimum Gasteiger partial charge on any atom is -0.494 e. The molecular formula is C27H35N3O2.